The van der Waals surface area contributed by atoms with Gasteiger partial charge in [0.2, 0.25) is 0 Å². The van der Waals surface area contributed by atoms with Crippen LogP contribution in [0.25, 0.3) is 0 Å². The van der Waals surface area contributed by atoms with Crippen LogP contribution >= 0.6 is 0 Å². The van der Waals surface area contributed by atoms with Crippen LogP contribution in [-0.4, -0.2) is 48.0 Å². The molecule has 0 aliphatic rings. The van der Waals surface area contributed by atoms with Crippen molar-refractivity contribution in [3.8, 4) is 0 Å². The second kappa shape index (κ2) is 7.21. The molecule has 0 heterocycles. The van der Waals surface area contributed by atoms with Crippen molar-refractivity contribution in [3.05, 3.63) is 0 Å². The summed E-state index contributed by atoms with van der Waals surface area (Å²) in [4.78, 5) is 2.31. The molecule has 3 nitrogen and oxygen atoms in total. The normalized spacial score (nSPS) is 12.4. The van der Waals surface area contributed by atoms with E-state index >= 15 is 0 Å². The quantitative estimate of drug-likeness (QED) is 0.651. The van der Waals surface area contributed by atoms with Gasteiger partial charge in [-0.2, -0.15) is 0 Å². The lowest BCUT2D eigenvalue weighted by atomic mass is 9.96. The van der Waals surface area contributed by atoms with E-state index in [0.717, 1.165) is 32.5 Å². The molecule has 0 spiro atoms. The van der Waals surface area contributed by atoms with Crippen molar-refractivity contribution in [2.75, 3.05) is 32.8 Å². The molecule has 0 saturated carbocycles. The molecule has 0 aromatic heterocycles. The first-order chi connectivity index (χ1) is 6.49. The molecule has 0 atom stereocenters. The molecule has 0 aromatic carbocycles. The molecule has 0 aliphatic carbocycles. The average molecular weight is 203 g/mol. The third kappa shape index (κ3) is 8.48. The van der Waals surface area contributed by atoms with Crippen LogP contribution in [0.3, 0.4) is 0 Å². The minimum Gasteiger partial charge on any atom is -0.396 e. The Hall–Kier alpha value is -0.120. The van der Waals surface area contributed by atoms with Crippen molar-refractivity contribution in [2.45, 2.75) is 33.6 Å². The maximum Gasteiger partial charge on any atom is 0.0443 e. The Balaban J connectivity index is 3.84. The summed E-state index contributed by atoms with van der Waals surface area (Å²) in [6.45, 7) is 9.99. The molecule has 14 heavy (non-hydrogen) atoms. The molecule has 3 heteroatoms. The molecular weight excluding hydrogens is 178 g/mol. The van der Waals surface area contributed by atoms with Crippen molar-refractivity contribution in [3.63, 3.8) is 0 Å². The van der Waals surface area contributed by atoms with Gasteiger partial charge in [0.15, 0.2) is 0 Å². The van der Waals surface area contributed by atoms with Crippen molar-refractivity contribution >= 4 is 0 Å². The fourth-order valence-corrected chi connectivity index (χ4v) is 1.53. The molecule has 2 N–H and O–H groups in total. The highest BCUT2D eigenvalue weighted by Gasteiger charge is 2.15. The Morgan fingerprint density at radius 2 is 1.36 bits per heavy atom. The van der Waals surface area contributed by atoms with E-state index in [1.807, 2.05) is 0 Å². The van der Waals surface area contributed by atoms with E-state index in [4.69, 9.17) is 10.2 Å². The lowest BCUT2D eigenvalue weighted by Crippen LogP contribution is -2.35. The summed E-state index contributed by atoms with van der Waals surface area (Å²) in [6.07, 6.45) is 1.64. The summed E-state index contributed by atoms with van der Waals surface area (Å²) in [5, 5.41) is 17.5. The zero-order valence-electron chi connectivity index (χ0n) is 9.79. The van der Waals surface area contributed by atoms with E-state index in [1.165, 1.54) is 0 Å². The Morgan fingerprint density at radius 3 is 1.64 bits per heavy atom. The topological polar surface area (TPSA) is 43.7 Å². The van der Waals surface area contributed by atoms with Crippen molar-refractivity contribution in [1.29, 1.82) is 0 Å². The highest BCUT2D eigenvalue weighted by atomic mass is 16.3. The van der Waals surface area contributed by atoms with Crippen LogP contribution in [0.5, 0.6) is 0 Å². The fourth-order valence-electron chi connectivity index (χ4n) is 1.53. The SMILES string of the molecule is CC(C)(C)CN(CCCO)CCCO. The molecule has 0 aliphatic heterocycles. The molecular formula is C11H25NO2. The zero-order chi connectivity index (χ0) is 11.0. The van der Waals surface area contributed by atoms with Gasteiger partial charge in [0.05, 0.1) is 0 Å². The highest BCUT2D eigenvalue weighted by Crippen LogP contribution is 2.15. The van der Waals surface area contributed by atoms with Crippen LogP contribution in [0.2, 0.25) is 0 Å². The molecule has 0 saturated heterocycles. The van der Waals surface area contributed by atoms with Gasteiger partial charge in [-0.25, -0.2) is 0 Å². The van der Waals surface area contributed by atoms with Crippen molar-refractivity contribution in [1.82, 2.24) is 4.90 Å². The Bertz CT molecular complexity index is 124. The second-order valence-electron chi connectivity index (χ2n) is 4.99. The first kappa shape index (κ1) is 13.9. The summed E-state index contributed by atoms with van der Waals surface area (Å²) in [5.74, 6) is 0. The molecule has 86 valence electrons. The Morgan fingerprint density at radius 1 is 0.929 bits per heavy atom. The van der Waals surface area contributed by atoms with E-state index in [1.54, 1.807) is 0 Å². The summed E-state index contributed by atoms with van der Waals surface area (Å²) < 4.78 is 0. The summed E-state index contributed by atoms with van der Waals surface area (Å²) >= 11 is 0. The summed E-state index contributed by atoms with van der Waals surface area (Å²) in [7, 11) is 0. The monoisotopic (exact) mass is 203 g/mol. The van der Waals surface area contributed by atoms with Gasteiger partial charge in [-0.05, 0) is 18.3 Å². The van der Waals surface area contributed by atoms with Gasteiger partial charge in [-0.1, -0.05) is 20.8 Å². The molecule has 0 fully saturated rings. The average Bonchev–Trinajstić information content (AvgIpc) is 2.07. The number of hydrogen-bond donors (Lipinski definition) is 2. The summed E-state index contributed by atoms with van der Waals surface area (Å²) in [6, 6.07) is 0. The third-order valence-electron chi connectivity index (χ3n) is 1.96. The largest absolute Gasteiger partial charge is 0.396 e. The van der Waals surface area contributed by atoms with Crippen LogP contribution in [0, 0.1) is 5.41 Å². The van der Waals surface area contributed by atoms with Crippen molar-refractivity contribution in [2.24, 2.45) is 5.41 Å². The molecule has 0 amide bonds. The maximum absolute atomic E-state index is 8.76. The van der Waals surface area contributed by atoms with Gasteiger partial charge in [-0.15, -0.1) is 0 Å². The number of aliphatic hydroxyl groups excluding tert-OH is 2. The van der Waals surface area contributed by atoms with Crippen LogP contribution in [0.4, 0.5) is 0 Å². The minimum atomic E-state index is 0.250. The third-order valence-corrected chi connectivity index (χ3v) is 1.96. The van der Waals surface area contributed by atoms with E-state index < -0.39 is 0 Å². The van der Waals surface area contributed by atoms with E-state index in [0.29, 0.717) is 0 Å². The van der Waals surface area contributed by atoms with E-state index in [9.17, 15) is 0 Å². The summed E-state index contributed by atoms with van der Waals surface area (Å²) in [5.41, 5.74) is 0.283. The molecule has 0 rings (SSSR count). The number of nitrogens with zero attached hydrogens (tertiary/aromatic N) is 1. The van der Waals surface area contributed by atoms with Crippen LogP contribution in [-0.2, 0) is 0 Å². The lowest BCUT2D eigenvalue weighted by Gasteiger charge is -2.29. The predicted molar refractivity (Wildman–Crippen MR) is 59.3 cm³/mol. The smallest absolute Gasteiger partial charge is 0.0443 e. The number of aliphatic hydroxyl groups is 2. The highest BCUT2D eigenvalue weighted by molar-refractivity contribution is 4.69. The number of rotatable bonds is 7. The second-order valence-corrected chi connectivity index (χ2v) is 4.99. The fraction of sp³-hybridized carbons (Fsp3) is 1.00. The van der Waals surface area contributed by atoms with Crippen LogP contribution in [0.15, 0.2) is 0 Å². The Labute approximate surface area is 87.7 Å². The van der Waals surface area contributed by atoms with Crippen molar-refractivity contribution < 1.29 is 10.2 Å². The Kier molecular flexibility index (Phi) is 7.15. The number of hydrogen-bond acceptors (Lipinski definition) is 3. The van der Waals surface area contributed by atoms with E-state index in [2.05, 4.69) is 25.7 Å². The molecule has 0 unspecified atom stereocenters. The first-order valence-electron chi connectivity index (χ1n) is 5.43. The van der Waals surface area contributed by atoms with Crippen LogP contribution < -0.4 is 0 Å². The van der Waals surface area contributed by atoms with Gasteiger partial charge in [0.25, 0.3) is 0 Å². The van der Waals surface area contributed by atoms with E-state index in [-0.39, 0.29) is 18.6 Å². The van der Waals surface area contributed by atoms with Gasteiger partial charge in [-0.3, -0.25) is 0 Å². The van der Waals surface area contributed by atoms with Crippen LogP contribution in [0.1, 0.15) is 33.6 Å². The van der Waals surface area contributed by atoms with Gasteiger partial charge >= 0.3 is 0 Å². The minimum absolute atomic E-state index is 0.250. The molecule has 0 bridgehead atoms. The first-order valence-corrected chi connectivity index (χ1v) is 5.43. The van der Waals surface area contributed by atoms with Gasteiger partial charge < -0.3 is 15.1 Å². The molecule has 0 aromatic rings. The van der Waals surface area contributed by atoms with Gasteiger partial charge in [0.1, 0.15) is 0 Å². The predicted octanol–water partition coefficient (Wildman–Crippen LogP) is 1.10. The maximum atomic E-state index is 8.76. The standard InChI is InChI=1S/C11H25NO2/c1-11(2,3)10-12(6-4-8-13)7-5-9-14/h13-14H,4-10H2,1-3H3. The molecule has 0 radical (unpaired) electrons. The lowest BCUT2D eigenvalue weighted by molar-refractivity contribution is 0.158. The van der Waals surface area contributed by atoms with Gasteiger partial charge in [0, 0.05) is 32.8 Å². The zero-order valence-corrected chi connectivity index (χ0v) is 9.79.